The number of sulfone groups is 1. The zero-order valence-corrected chi connectivity index (χ0v) is 14.0. The van der Waals surface area contributed by atoms with Gasteiger partial charge in [-0.2, -0.15) is 0 Å². The lowest BCUT2D eigenvalue weighted by atomic mass is 10.1. The van der Waals surface area contributed by atoms with Gasteiger partial charge >= 0.3 is 0 Å². The highest BCUT2D eigenvalue weighted by Crippen LogP contribution is 2.21. The monoisotopic (exact) mass is 336 g/mol. The maximum atomic E-state index is 12.3. The van der Waals surface area contributed by atoms with Gasteiger partial charge in [0, 0.05) is 37.1 Å². The Bertz CT molecular complexity index is 719. The predicted molar refractivity (Wildman–Crippen MR) is 89.2 cm³/mol. The molecule has 1 fully saturated rings. The topological polar surface area (TPSA) is 74.8 Å². The van der Waals surface area contributed by atoms with E-state index in [4.69, 9.17) is 0 Å². The Labute approximate surface area is 136 Å². The first-order valence-electron chi connectivity index (χ1n) is 7.31. The highest BCUT2D eigenvalue weighted by molar-refractivity contribution is 7.92. The van der Waals surface area contributed by atoms with E-state index in [1.807, 2.05) is 0 Å². The van der Waals surface area contributed by atoms with Crippen molar-refractivity contribution in [2.45, 2.75) is 12.2 Å². The summed E-state index contributed by atoms with van der Waals surface area (Å²) in [6.07, 6.45) is 1.22. The SMILES string of the molecule is C=CC(=O)N(C)c1ccc(C(=O)N2CC(S(=O)(=O)CC)C2)cc1. The van der Waals surface area contributed by atoms with Crippen LogP contribution in [0.5, 0.6) is 0 Å². The summed E-state index contributed by atoms with van der Waals surface area (Å²) in [6, 6.07) is 6.61. The molecule has 6 nitrogen and oxygen atoms in total. The van der Waals surface area contributed by atoms with E-state index in [1.54, 1.807) is 38.2 Å². The van der Waals surface area contributed by atoms with Gasteiger partial charge in [-0.05, 0) is 30.3 Å². The Morgan fingerprint density at radius 3 is 2.35 bits per heavy atom. The van der Waals surface area contributed by atoms with Gasteiger partial charge in [0.15, 0.2) is 9.84 Å². The van der Waals surface area contributed by atoms with Gasteiger partial charge in [0.2, 0.25) is 5.91 Å². The van der Waals surface area contributed by atoms with Crippen LogP contribution in [0.4, 0.5) is 5.69 Å². The maximum absolute atomic E-state index is 12.3. The van der Waals surface area contributed by atoms with Crippen molar-refractivity contribution in [2.24, 2.45) is 0 Å². The summed E-state index contributed by atoms with van der Waals surface area (Å²) in [5, 5.41) is -0.452. The van der Waals surface area contributed by atoms with E-state index in [0.29, 0.717) is 11.3 Å². The highest BCUT2D eigenvalue weighted by atomic mass is 32.2. The number of likely N-dealkylation sites (N-methyl/N-ethyl adjacent to an activating group) is 1. The molecule has 124 valence electrons. The second kappa shape index (κ2) is 6.54. The van der Waals surface area contributed by atoms with Crippen LogP contribution in [0.3, 0.4) is 0 Å². The van der Waals surface area contributed by atoms with Gasteiger partial charge in [0.25, 0.3) is 5.91 Å². The molecule has 1 aromatic carbocycles. The van der Waals surface area contributed by atoms with Crippen molar-refractivity contribution < 1.29 is 18.0 Å². The number of rotatable bonds is 5. The molecule has 0 atom stereocenters. The number of nitrogens with zero attached hydrogens (tertiary/aromatic N) is 2. The molecule has 7 heteroatoms. The molecule has 0 radical (unpaired) electrons. The quantitative estimate of drug-likeness (QED) is 0.755. The summed E-state index contributed by atoms with van der Waals surface area (Å²) in [4.78, 5) is 26.8. The van der Waals surface area contributed by atoms with Crippen molar-refractivity contribution in [2.75, 3.05) is 30.8 Å². The molecule has 1 aromatic rings. The van der Waals surface area contributed by atoms with E-state index >= 15 is 0 Å². The Morgan fingerprint density at radius 2 is 1.87 bits per heavy atom. The lowest BCUT2D eigenvalue weighted by Gasteiger charge is -2.38. The molecule has 0 saturated carbocycles. The van der Waals surface area contributed by atoms with Crippen molar-refractivity contribution in [1.82, 2.24) is 4.90 Å². The molecule has 23 heavy (non-hydrogen) atoms. The average Bonchev–Trinajstić information content (AvgIpc) is 2.51. The largest absolute Gasteiger partial charge is 0.336 e. The van der Waals surface area contributed by atoms with Crippen molar-refractivity contribution in [1.29, 1.82) is 0 Å². The number of amides is 2. The average molecular weight is 336 g/mol. The molecule has 0 spiro atoms. The van der Waals surface area contributed by atoms with Gasteiger partial charge in [0.1, 0.15) is 0 Å². The Kier molecular flexibility index (Phi) is 4.89. The number of hydrogen-bond donors (Lipinski definition) is 0. The summed E-state index contributed by atoms with van der Waals surface area (Å²) in [5.74, 6) is -0.339. The molecule has 1 aliphatic rings. The molecular weight excluding hydrogens is 316 g/mol. The van der Waals surface area contributed by atoms with E-state index in [1.165, 1.54) is 15.9 Å². The van der Waals surface area contributed by atoms with Crippen LogP contribution in [0.15, 0.2) is 36.9 Å². The van der Waals surface area contributed by atoms with E-state index in [-0.39, 0.29) is 30.7 Å². The van der Waals surface area contributed by atoms with Crippen LogP contribution in [-0.4, -0.2) is 56.3 Å². The third-order valence-corrected chi connectivity index (χ3v) is 6.17. The van der Waals surface area contributed by atoms with Gasteiger partial charge in [-0.25, -0.2) is 8.42 Å². The minimum atomic E-state index is -3.09. The smallest absolute Gasteiger partial charge is 0.253 e. The van der Waals surface area contributed by atoms with Crippen LogP contribution in [-0.2, 0) is 14.6 Å². The zero-order valence-electron chi connectivity index (χ0n) is 13.2. The van der Waals surface area contributed by atoms with Crippen molar-refractivity contribution >= 4 is 27.3 Å². The summed E-state index contributed by atoms with van der Waals surface area (Å²) in [5.41, 5.74) is 1.13. The molecular formula is C16H20N2O4S. The molecule has 1 aliphatic heterocycles. The number of carbonyl (C=O) groups excluding carboxylic acids is 2. The summed E-state index contributed by atoms with van der Waals surface area (Å²) >= 11 is 0. The number of carbonyl (C=O) groups is 2. The fraction of sp³-hybridized carbons (Fsp3) is 0.375. The first kappa shape index (κ1) is 17.2. The first-order valence-corrected chi connectivity index (χ1v) is 9.02. The van der Waals surface area contributed by atoms with Crippen molar-refractivity contribution in [3.05, 3.63) is 42.5 Å². The van der Waals surface area contributed by atoms with E-state index < -0.39 is 15.1 Å². The van der Waals surface area contributed by atoms with Gasteiger partial charge in [-0.1, -0.05) is 13.5 Å². The van der Waals surface area contributed by atoms with Crippen LogP contribution in [0.1, 0.15) is 17.3 Å². The molecule has 1 heterocycles. The van der Waals surface area contributed by atoms with Crippen molar-refractivity contribution in [3.63, 3.8) is 0 Å². The molecule has 2 rings (SSSR count). The molecule has 0 unspecified atom stereocenters. The Balaban J connectivity index is 2.02. The minimum Gasteiger partial charge on any atom is -0.336 e. The van der Waals surface area contributed by atoms with Crippen LogP contribution < -0.4 is 4.90 Å². The zero-order chi connectivity index (χ0) is 17.2. The molecule has 0 N–H and O–H groups in total. The van der Waals surface area contributed by atoms with Gasteiger partial charge in [-0.3, -0.25) is 9.59 Å². The second-order valence-corrected chi connectivity index (χ2v) is 8.00. The highest BCUT2D eigenvalue weighted by Gasteiger charge is 2.38. The van der Waals surface area contributed by atoms with Gasteiger partial charge < -0.3 is 9.80 Å². The summed E-state index contributed by atoms with van der Waals surface area (Å²) < 4.78 is 23.4. The Morgan fingerprint density at radius 1 is 1.30 bits per heavy atom. The third kappa shape index (κ3) is 3.44. The van der Waals surface area contributed by atoms with Crippen molar-refractivity contribution in [3.8, 4) is 0 Å². The van der Waals surface area contributed by atoms with Gasteiger partial charge in [0.05, 0.1) is 5.25 Å². The number of likely N-dealkylation sites (tertiary alicyclic amines) is 1. The predicted octanol–water partition coefficient (Wildman–Crippen LogP) is 1.09. The lowest BCUT2D eigenvalue weighted by Crippen LogP contribution is -2.57. The molecule has 0 aliphatic carbocycles. The summed E-state index contributed by atoms with van der Waals surface area (Å²) in [7, 11) is -1.47. The minimum absolute atomic E-state index is 0.0953. The number of hydrogen-bond acceptors (Lipinski definition) is 4. The van der Waals surface area contributed by atoms with Crippen LogP contribution in [0.25, 0.3) is 0 Å². The number of anilines is 1. The lowest BCUT2D eigenvalue weighted by molar-refractivity contribution is -0.113. The van der Waals surface area contributed by atoms with E-state index in [0.717, 1.165) is 0 Å². The van der Waals surface area contributed by atoms with E-state index in [9.17, 15) is 18.0 Å². The van der Waals surface area contributed by atoms with Gasteiger partial charge in [-0.15, -0.1) is 0 Å². The molecule has 1 saturated heterocycles. The first-order chi connectivity index (χ1) is 10.8. The molecule has 0 bridgehead atoms. The Hall–Kier alpha value is -2.15. The molecule has 0 aromatic heterocycles. The normalized spacial score (nSPS) is 15.0. The van der Waals surface area contributed by atoms with Crippen LogP contribution in [0.2, 0.25) is 0 Å². The second-order valence-electron chi connectivity index (χ2n) is 5.43. The fourth-order valence-electron chi connectivity index (χ4n) is 2.34. The van der Waals surface area contributed by atoms with E-state index in [2.05, 4.69) is 6.58 Å². The summed E-state index contributed by atoms with van der Waals surface area (Å²) in [6.45, 7) is 5.52. The molecule has 2 amide bonds. The standard InChI is InChI=1S/C16H20N2O4S/c1-4-15(19)17(3)13-8-6-12(7-9-13)16(20)18-10-14(11-18)23(21,22)5-2/h4,6-9,14H,1,5,10-11H2,2-3H3. The maximum Gasteiger partial charge on any atom is 0.253 e. The van der Waals surface area contributed by atoms with Crippen LogP contribution >= 0.6 is 0 Å². The fourth-order valence-corrected chi connectivity index (χ4v) is 3.63. The van der Waals surface area contributed by atoms with Crippen LogP contribution in [0, 0.1) is 0 Å². The third-order valence-electron chi connectivity index (χ3n) is 4.05. The number of benzene rings is 1.